The van der Waals surface area contributed by atoms with Crippen molar-refractivity contribution >= 4 is 28.9 Å². The Morgan fingerprint density at radius 2 is 1.67 bits per heavy atom. The van der Waals surface area contributed by atoms with Crippen molar-refractivity contribution < 1.29 is 9.47 Å². The summed E-state index contributed by atoms with van der Waals surface area (Å²) >= 11 is 12.2. The molecule has 3 nitrogen and oxygen atoms in total. The van der Waals surface area contributed by atoms with Gasteiger partial charge in [-0.1, -0.05) is 29.3 Å². The van der Waals surface area contributed by atoms with Gasteiger partial charge in [0.15, 0.2) is 11.5 Å². The van der Waals surface area contributed by atoms with Crippen molar-refractivity contribution in [3.8, 4) is 11.5 Å². The normalized spacial score (nSPS) is 11.9. The van der Waals surface area contributed by atoms with Crippen molar-refractivity contribution in [1.29, 1.82) is 0 Å². The van der Waals surface area contributed by atoms with Crippen LogP contribution in [0.2, 0.25) is 10.0 Å². The third-order valence-corrected chi connectivity index (χ3v) is 3.77. The summed E-state index contributed by atoms with van der Waals surface area (Å²) in [5.41, 5.74) is 1.86. The van der Waals surface area contributed by atoms with E-state index in [9.17, 15) is 0 Å². The van der Waals surface area contributed by atoms with Crippen molar-refractivity contribution in [3.05, 3.63) is 52.0 Å². The lowest BCUT2D eigenvalue weighted by Crippen LogP contribution is -2.07. The Kier molecular flexibility index (Phi) is 5.21. The molecule has 112 valence electrons. The average Bonchev–Trinajstić information content (AvgIpc) is 2.50. The maximum absolute atomic E-state index is 6.17. The molecule has 0 saturated heterocycles. The lowest BCUT2D eigenvalue weighted by atomic mass is 10.1. The molecule has 0 aliphatic carbocycles. The highest BCUT2D eigenvalue weighted by Crippen LogP contribution is 2.33. The summed E-state index contributed by atoms with van der Waals surface area (Å²) in [6.07, 6.45) is 0. The molecule has 0 spiro atoms. The molecule has 1 atom stereocenters. The first-order chi connectivity index (χ1) is 10.0. The Labute approximate surface area is 134 Å². The molecular formula is C16H17Cl2NO2. The maximum atomic E-state index is 6.17. The second-order valence-electron chi connectivity index (χ2n) is 4.60. The standard InChI is InChI=1S/C16H17Cl2NO2/c1-10(19-14-9-12(17)5-6-13(14)18)11-4-7-15(20-2)16(8-11)21-3/h4-10,19H,1-3H3. The lowest BCUT2D eigenvalue weighted by Gasteiger charge is -2.18. The van der Waals surface area contributed by atoms with Crippen LogP contribution in [0.1, 0.15) is 18.5 Å². The fraction of sp³-hybridized carbons (Fsp3) is 0.250. The first-order valence-corrected chi connectivity index (χ1v) is 7.24. The second-order valence-corrected chi connectivity index (χ2v) is 5.45. The van der Waals surface area contributed by atoms with Crippen LogP contribution < -0.4 is 14.8 Å². The van der Waals surface area contributed by atoms with Gasteiger partial charge in [-0.2, -0.15) is 0 Å². The van der Waals surface area contributed by atoms with Crippen molar-refractivity contribution in [3.63, 3.8) is 0 Å². The number of hydrogen-bond donors (Lipinski definition) is 1. The van der Waals surface area contributed by atoms with E-state index in [2.05, 4.69) is 5.32 Å². The number of hydrogen-bond acceptors (Lipinski definition) is 3. The molecule has 0 fully saturated rings. The smallest absolute Gasteiger partial charge is 0.161 e. The summed E-state index contributed by atoms with van der Waals surface area (Å²) in [5.74, 6) is 1.40. The van der Waals surface area contributed by atoms with Crippen LogP contribution in [0.15, 0.2) is 36.4 Å². The molecule has 2 aromatic rings. The SMILES string of the molecule is COc1ccc(C(C)Nc2cc(Cl)ccc2Cl)cc1OC. The number of benzene rings is 2. The summed E-state index contributed by atoms with van der Waals surface area (Å²) in [4.78, 5) is 0. The van der Waals surface area contributed by atoms with E-state index in [4.69, 9.17) is 32.7 Å². The van der Waals surface area contributed by atoms with Gasteiger partial charge in [0.25, 0.3) is 0 Å². The molecule has 5 heteroatoms. The highest BCUT2D eigenvalue weighted by Gasteiger charge is 2.11. The summed E-state index contributed by atoms with van der Waals surface area (Å²) in [6, 6.07) is 11.2. The average molecular weight is 326 g/mol. The predicted molar refractivity (Wildman–Crippen MR) is 88.0 cm³/mol. The zero-order chi connectivity index (χ0) is 15.4. The van der Waals surface area contributed by atoms with Gasteiger partial charge in [0, 0.05) is 11.1 Å². The molecule has 2 rings (SSSR count). The third-order valence-electron chi connectivity index (χ3n) is 3.21. The molecule has 2 aromatic carbocycles. The molecule has 0 saturated carbocycles. The first-order valence-electron chi connectivity index (χ1n) is 6.48. The molecule has 0 aliphatic rings. The second kappa shape index (κ2) is 6.92. The van der Waals surface area contributed by atoms with Gasteiger partial charge in [0.1, 0.15) is 0 Å². The van der Waals surface area contributed by atoms with E-state index in [0.29, 0.717) is 21.5 Å². The molecule has 1 unspecified atom stereocenters. The summed E-state index contributed by atoms with van der Waals surface area (Å²) in [5, 5.41) is 4.61. The summed E-state index contributed by atoms with van der Waals surface area (Å²) in [6.45, 7) is 2.04. The number of ether oxygens (including phenoxy) is 2. The molecule has 0 amide bonds. The van der Waals surface area contributed by atoms with Gasteiger partial charge in [-0.3, -0.25) is 0 Å². The van der Waals surface area contributed by atoms with E-state index in [1.807, 2.05) is 25.1 Å². The minimum Gasteiger partial charge on any atom is -0.493 e. The Hall–Kier alpha value is -1.58. The van der Waals surface area contributed by atoms with Crippen LogP contribution in [-0.4, -0.2) is 14.2 Å². The van der Waals surface area contributed by atoms with Crippen LogP contribution in [0.5, 0.6) is 11.5 Å². The van der Waals surface area contributed by atoms with E-state index in [-0.39, 0.29) is 6.04 Å². The molecule has 0 heterocycles. The fourth-order valence-corrected chi connectivity index (χ4v) is 2.39. The first kappa shape index (κ1) is 15.8. The van der Waals surface area contributed by atoms with Gasteiger partial charge < -0.3 is 14.8 Å². The molecule has 0 bridgehead atoms. The number of halogens is 2. The molecule has 1 N–H and O–H groups in total. The third kappa shape index (κ3) is 3.74. The molecule has 0 aliphatic heterocycles. The number of methoxy groups -OCH3 is 2. The Bertz CT molecular complexity index is 632. The van der Waals surface area contributed by atoms with Gasteiger partial charge >= 0.3 is 0 Å². The topological polar surface area (TPSA) is 30.5 Å². The minimum atomic E-state index is 0.0424. The monoisotopic (exact) mass is 325 g/mol. The Morgan fingerprint density at radius 3 is 2.33 bits per heavy atom. The van der Waals surface area contributed by atoms with E-state index < -0.39 is 0 Å². The number of rotatable bonds is 5. The van der Waals surface area contributed by atoms with Crippen LogP contribution in [0, 0.1) is 0 Å². The minimum absolute atomic E-state index is 0.0424. The molecule has 21 heavy (non-hydrogen) atoms. The summed E-state index contributed by atoms with van der Waals surface area (Å²) in [7, 11) is 3.23. The van der Waals surface area contributed by atoms with Crippen LogP contribution in [0.25, 0.3) is 0 Å². The quantitative estimate of drug-likeness (QED) is 0.821. The largest absolute Gasteiger partial charge is 0.493 e. The van der Waals surface area contributed by atoms with Gasteiger partial charge in [0.05, 0.1) is 24.9 Å². The van der Waals surface area contributed by atoms with Gasteiger partial charge in [-0.25, -0.2) is 0 Å². The van der Waals surface area contributed by atoms with Crippen LogP contribution in [0.4, 0.5) is 5.69 Å². The van der Waals surface area contributed by atoms with Gasteiger partial charge in [0.2, 0.25) is 0 Å². The highest BCUT2D eigenvalue weighted by molar-refractivity contribution is 6.35. The Balaban J connectivity index is 2.24. The Morgan fingerprint density at radius 1 is 0.952 bits per heavy atom. The van der Waals surface area contributed by atoms with Crippen molar-refractivity contribution in [2.45, 2.75) is 13.0 Å². The molecular weight excluding hydrogens is 309 g/mol. The van der Waals surface area contributed by atoms with Gasteiger partial charge in [-0.15, -0.1) is 0 Å². The van der Waals surface area contributed by atoms with Crippen LogP contribution >= 0.6 is 23.2 Å². The molecule has 0 radical (unpaired) electrons. The number of anilines is 1. The van der Waals surface area contributed by atoms with Crippen LogP contribution in [-0.2, 0) is 0 Å². The molecule has 0 aromatic heterocycles. The zero-order valence-electron chi connectivity index (χ0n) is 12.1. The van der Waals surface area contributed by atoms with Crippen molar-refractivity contribution in [2.24, 2.45) is 0 Å². The fourth-order valence-electron chi connectivity index (χ4n) is 2.05. The lowest BCUT2D eigenvalue weighted by molar-refractivity contribution is 0.354. The van der Waals surface area contributed by atoms with E-state index in [0.717, 1.165) is 11.3 Å². The van der Waals surface area contributed by atoms with E-state index in [1.54, 1.807) is 32.4 Å². The van der Waals surface area contributed by atoms with Crippen LogP contribution in [0.3, 0.4) is 0 Å². The van der Waals surface area contributed by atoms with Crippen molar-refractivity contribution in [2.75, 3.05) is 19.5 Å². The van der Waals surface area contributed by atoms with Crippen molar-refractivity contribution in [1.82, 2.24) is 0 Å². The summed E-state index contributed by atoms with van der Waals surface area (Å²) < 4.78 is 10.6. The predicted octanol–water partition coefficient (Wildman–Crippen LogP) is 5.18. The zero-order valence-corrected chi connectivity index (χ0v) is 13.6. The van der Waals surface area contributed by atoms with E-state index >= 15 is 0 Å². The highest BCUT2D eigenvalue weighted by atomic mass is 35.5. The van der Waals surface area contributed by atoms with E-state index in [1.165, 1.54) is 0 Å². The van der Waals surface area contributed by atoms with Gasteiger partial charge in [-0.05, 0) is 42.8 Å². The number of nitrogens with one attached hydrogen (secondary N) is 1. The maximum Gasteiger partial charge on any atom is 0.161 e.